The number of sulfonamides is 3. The smallest absolute Gasteiger partial charge is 0.229 e. The van der Waals surface area contributed by atoms with Crippen LogP contribution in [0.25, 0.3) is 0 Å². The molecule has 0 spiro atoms. The summed E-state index contributed by atoms with van der Waals surface area (Å²) < 4.78 is 73.5. The van der Waals surface area contributed by atoms with Crippen LogP contribution in [0.1, 0.15) is 0 Å². The van der Waals surface area contributed by atoms with Gasteiger partial charge in [-0.2, -0.15) is 15.0 Å². The zero-order valence-corrected chi connectivity index (χ0v) is 19.2. The molecule has 6 N–H and O–H groups in total. The van der Waals surface area contributed by atoms with Gasteiger partial charge in [-0.05, 0) is 0 Å². The Morgan fingerprint density at radius 2 is 0.733 bits per heavy atom. The van der Waals surface area contributed by atoms with E-state index in [0.29, 0.717) is 0 Å². The number of nitrogens with one attached hydrogen (secondary N) is 6. The van der Waals surface area contributed by atoms with Crippen LogP contribution in [0.2, 0.25) is 0 Å². The first-order valence-electron chi connectivity index (χ1n) is 8.55. The van der Waals surface area contributed by atoms with Crippen molar-refractivity contribution in [1.82, 2.24) is 29.1 Å². The van der Waals surface area contributed by atoms with E-state index in [1.54, 1.807) is 0 Å². The van der Waals surface area contributed by atoms with Crippen LogP contribution in [0, 0.1) is 0 Å². The molecule has 0 atom stereocenters. The second kappa shape index (κ2) is 11.5. The highest BCUT2D eigenvalue weighted by atomic mass is 32.2. The first-order valence-corrected chi connectivity index (χ1v) is 14.2. The van der Waals surface area contributed by atoms with Gasteiger partial charge in [0.1, 0.15) is 0 Å². The highest BCUT2D eigenvalue weighted by molar-refractivity contribution is 7.89. The van der Waals surface area contributed by atoms with Crippen molar-refractivity contribution in [2.75, 3.05) is 74.0 Å². The van der Waals surface area contributed by atoms with Crippen LogP contribution in [-0.2, 0) is 30.1 Å². The van der Waals surface area contributed by atoms with Gasteiger partial charge < -0.3 is 16.0 Å². The molecular weight excluding hydrogens is 462 g/mol. The summed E-state index contributed by atoms with van der Waals surface area (Å²) in [5.74, 6) is 0.410. The van der Waals surface area contributed by atoms with Crippen molar-refractivity contribution >= 4 is 47.9 Å². The van der Waals surface area contributed by atoms with Crippen LogP contribution in [0.5, 0.6) is 0 Å². The Balaban J connectivity index is 2.73. The van der Waals surface area contributed by atoms with E-state index in [-0.39, 0.29) is 57.1 Å². The van der Waals surface area contributed by atoms with Crippen LogP contribution in [0.15, 0.2) is 0 Å². The standard InChI is InChI=1S/C12H27N9O6S3/c1-28(22,23)16-7-4-13-10-19-11(14-5-8-17-29(2,24)25)21-12(20-10)15-6-9-18-30(3,26)27/h16-18H,4-9H2,1-3H3,(H3,13,14,15,19,20,21). The molecule has 30 heavy (non-hydrogen) atoms. The summed E-state index contributed by atoms with van der Waals surface area (Å²) >= 11 is 0. The van der Waals surface area contributed by atoms with Crippen LogP contribution in [-0.4, -0.2) is 98.2 Å². The Kier molecular flexibility index (Phi) is 10.0. The van der Waals surface area contributed by atoms with E-state index in [4.69, 9.17) is 0 Å². The lowest BCUT2D eigenvalue weighted by Gasteiger charge is -2.11. The molecule has 174 valence electrons. The number of hydrogen-bond donors (Lipinski definition) is 6. The Labute approximate surface area is 176 Å². The second-order valence-corrected chi connectivity index (χ2v) is 11.6. The molecule has 0 radical (unpaired) electrons. The Morgan fingerprint density at radius 1 is 0.500 bits per heavy atom. The molecule has 0 saturated carbocycles. The van der Waals surface area contributed by atoms with Gasteiger partial charge in [0.15, 0.2) is 0 Å². The maximum Gasteiger partial charge on any atom is 0.229 e. The summed E-state index contributed by atoms with van der Waals surface area (Å²) in [6.07, 6.45) is 3.11. The van der Waals surface area contributed by atoms with Gasteiger partial charge in [0.2, 0.25) is 47.9 Å². The molecule has 0 unspecified atom stereocenters. The van der Waals surface area contributed by atoms with E-state index in [2.05, 4.69) is 45.1 Å². The Hall–Kier alpha value is -1.86. The summed E-state index contributed by atoms with van der Waals surface area (Å²) in [7, 11) is -9.99. The van der Waals surface area contributed by atoms with Gasteiger partial charge in [-0.1, -0.05) is 0 Å². The topological polar surface area (TPSA) is 213 Å². The van der Waals surface area contributed by atoms with Crippen LogP contribution >= 0.6 is 0 Å². The molecule has 0 bridgehead atoms. The quantitative estimate of drug-likeness (QED) is 0.134. The molecule has 0 aliphatic carbocycles. The second-order valence-electron chi connectivity index (χ2n) is 6.09. The van der Waals surface area contributed by atoms with E-state index in [0.717, 1.165) is 18.8 Å². The number of rotatable bonds is 15. The maximum atomic E-state index is 11.1. The maximum absolute atomic E-state index is 11.1. The lowest BCUT2D eigenvalue weighted by Crippen LogP contribution is -2.29. The van der Waals surface area contributed by atoms with Crippen molar-refractivity contribution in [1.29, 1.82) is 0 Å². The molecule has 0 saturated heterocycles. The number of hydrogen-bond acceptors (Lipinski definition) is 12. The average molecular weight is 490 g/mol. The molecule has 0 aromatic carbocycles. The molecule has 15 nitrogen and oxygen atoms in total. The van der Waals surface area contributed by atoms with Gasteiger partial charge in [0.25, 0.3) is 0 Å². The van der Waals surface area contributed by atoms with E-state index >= 15 is 0 Å². The van der Waals surface area contributed by atoms with Crippen LogP contribution in [0.4, 0.5) is 17.8 Å². The fourth-order valence-electron chi connectivity index (χ4n) is 1.85. The minimum absolute atomic E-state index is 0.104. The van der Waals surface area contributed by atoms with E-state index in [9.17, 15) is 25.3 Å². The number of aromatic nitrogens is 3. The van der Waals surface area contributed by atoms with Crippen LogP contribution in [0.3, 0.4) is 0 Å². The van der Waals surface area contributed by atoms with E-state index < -0.39 is 30.1 Å². The summed E-state index contributed by atoms with van der Waals surface area (Å²) in [6.45, 7) is 0.898. The molecule has 0 aliphatic rings. The molecular formula is C12H27N9O6S3. The van der Waals surface area contributed by atoms with Crippen molar-refractivity contribution in [3.05, 3.63) is 0 Å². The molecule has 1 aromatic rings. The summed E-state index contributed by atoms with van der Waals surface area (Å²) in [5, 5.41) is 8.51. The monoisotopic (exact) mass is 489 g/mol. The minimum Gasteiger partial charge on any atom is -0.353 e. The van der Waals surface area contributed by atoms with Crippen molar-refractivity contribution in [2.24, 2.45) is 0 Å². The zero-order valence-electron chi connectivity index (χ0n) is 16.8. The number of anilines is 3. The molecule has 1 rings (SSSR count). The lowest BCUT2D eigenvalue weighted by molar-refractivity contribution is 0.587. The first kappa shape index (κ1) is 26.2. The SMILES string of the molecule is CS(=O)(=O)NCCNc1nc(NCCNS(C)(=O)=O)nc(NCCNS(C)(=O)=O)n1. The van der Waals surface area contributed by atoms with E-state index in [1.165, 1.54) is 0 Å². The lowest BCUT2D eigenvalue weighted by atomic mass is 10.6. The Bertz CT molecular complexity index is 857. The summed E-state index contributed by atoms with van der Waals surface area (Å²) in [5.41, 5.74) is 0. The summed E-state index contributed by atoms with van der Waals surface area (Å²) in [4.78, 5) is 12.4. The summed E-state index contributed by atoms with van der Waals surface area (Å²) in [6, 6.07) is 0. The van der Waals surface area contributed by atoms with Crippen molar-refractivity contribution < 1.29 is 25.3 Å². The zero-order chi connectivity index (χ0) is 22.8. The van der Waals surface area contributed by atoms with Crippen molar-refractivity contribution in [3.8, 4) is 0 Å². The van der Waals surface area contributed by atoms with Gasteiger partial charge in [0, 0.05) is 39.3 Å². The molecule has 0 aliphatic heterocycles. The number of nitrogens with zero attached hydrogens (tertiary/aromatic N) is 3. The molecule has 0 amide bonds. The largest absolute Gasteiger partial charge is 0.353 e. The molecule has 0 fully saturated rings. The third kappa shape index (κ3) is 14.2. The first-order chi connectivity index (χ1) is 13.7. The van der Waals surface area contributed by atoms with Gasteiger partial charge in [-0.3, -0.25) is 0 Å². The fourth-order valence-corrected chi connectivity index (χ4v) is 3.26. The van der Waals surface area contributed by atoms with Gasteiger partial charge in [0.05, 0.1) is 18.8 Å². The highest BCUT2D eigenvalue weighted by Gasteiger charge is 2.08. The average Bonchev–Trinajstić information content (AvgIpc) is 2.57. The van der Waals surface area contributed by atoms with Gasteiger partial charge in [-0.25, -0.2) is 39.4 Å². The van der Waals surface area contributed by atoms with Gasteiger partial charge in [-0.15, -0.1) is 0 Å². The third-order valence-corrected chi connectivity index (χ3v) is 5.14. The predicted octanol–water partition coefficient (Wildman–Crippen LogP) is -3.25. The molecule has 1 aromatic heterocycles. The van der Waals surface area contributed by atoms with Crippen molar-refractivity contribution in [2.45, 2.75) is 0 Å². The van der Waals surface area contributed by atoms with Crippen LogP contribution < -0.4 is 30.1 Å². The third-order valence-electron chi connectivity index (χ3n) is 2.95. The fraction of sp³-hybridized carbons (Fsp3) is 0.750. The van der Waals surface area contributed by atoms with E-state index in [1.807, 2.05) is 0 Å². The highest BCUT2D eigenvalue weighted by Crippen LogP contribution is 2.08. The minimum atomic E-state index is -3.33. The predicted molar refractivity (Wildman–Crippen MR) is 114 cm³/mol. The van der Waals surface area contributed by atoms with Crippen molar-refractivity contribution in [3.63, 3.8) is 0 Å². The normalized spacial score (nSPS) is 12.5. The molecule has 1 heterocycles. The van der Waals surface area contributed by atoms with Gasteiger partial charge >= 0.3 is 0 Å². The Morgan fingerprint density at radius 3 is 0.933 bits per heavy atom. The molecule has 18 heteroatoms.